The molecule has 1 atom stereocenters. The van der Waals surface area contributed by atoms with E-state index in [4.69, 9.17) is 17.3 Å². The van der Waals surface area contributed by atoms with Crippen molar-refractivity contribution >= 4 is 23.4 Å². The van der Waals surface area contributed by atoms with Gasteiger partial charge >= 0.3 is 0 Å². The summed E-state index contributed by atoms with van der Waals surface area (Å²) in [6, 6.07) is 16.4. The first-order valence-electron chi connectivity index (χ1n) is 5.98. The lowest BCUT2D eigenvalue weighted by Gasteiger charge is -2.09. The highest BCUT2D eigenvalue weighted by Crippen LogP contribution is 2.30. The third kappa shape index (κ3) is 3.52. The van der Waals surface area contributed by atoms with Crippen molar-refractivity contribution in [1.82, 2.24) is 0 Å². The minimum absolute atomic E-state index is 0.134. The molecule has 0 fully saturated rings. The largest absolute Gasteiger partial charge is 0.324 e. The van der Waals surface area contributed by atoms with Gasteiger partial charge in [-0.05, 0) is 42.3 Å². The van der Waals surface area contributed by atoms with Crippen LogP contribution in [0.2, 0.25) is 5.02 Å². The molecule has 0 spiro atoms. The standard InChI is InChI=1S/C15H16ClNS/c1-2-15(17)11-6-8-13(9-7-11)18-14-5-3-4-12(16)10-14/h3-10,15H,2,17H2,1H3. The first-order chi connectivity index (χ1) is 8.69. The van der Waals surface area contributed by atoms with Gasteiger partial charge in [0.2, 0.25) is 0 Å². The molecule has 3 heteroatoms. The molecule has 0 bridgehead atoms. The average molecular weight is 278 g/mol. The maximum Gasteiger partial charge on any atom is 0.0417 e. The van der Waals surface area contributed by atoms with E-state index >= 15 is 0 Å². The van der Waals surface area contributed by atoms with Crippen LogP contribution in [0.25, 0.3) is 0 Å². The molecule has 18 heavy (non-hydrogen) atoms. The molecule has 1 unspecified atom stereocenters. The van der Waals surface area contributed by atoms with Crippen molar-refractivity contribution in [2.24, 2.45) is 5.73 Å². The highest BCUT2D eigenvalue weighted by atomic mass is 35.5. The Morgan fingerprint density at radius 3 is 2.44 bits per heavy atom. The molecular formula is C15H16ClNS. The van der Waals surface area contributed by atoms with Gasteiger partial charge in [0.05, 0.1) is 0 Å². The van der Waals surface area contributed by atoms with E-state index in [-0.39, 0.29) is 6.04 Å². The van der Waals surface area contributed by atoms with Gasteiger partial charge in [-0.1, -0.05) is 48.5 Å². The highest BCUT2D eigenvalue weighted by Gasteiger charge is 2.03. The first kappa shape index (κ1) is 13.5. The molecule has 0 aromatic heterocycles. The van der Waals surface area contributed by atoms with Gasteiger partial charge in [-0.25, -0.2) is 0 Å². The number of hydrogen-bond donors (Lipinski definition) is 1. The van der Waals surface area contributed by atoms with Crippen molar-refractivity contribution in [3.63, 3.8) is 0 Å². The normalized spacial score (nSPS) is 12.4. The number of rotatable bonds is 4. The monoisotopic (exact) mass is 277 g/mol. The summed E-state index contributed by atoms with van der Waals surface area (Å²) in [5, 5.41) is 0.768. The third-order valence-electron chi connectivity index (χ3n) is 2.78. The van der Waals surface area contributed by atoms with Crippen LogP contribution in [0.1, 0.15) is 24.9 Å². The van der Waals surface area contributed by atoms with Crippen LogP contribution in [0.4, 0.5) is 0 Å². The van der Waals surface area contributed by atoms with E-state index < -0.39 is 0 Å². The molecule has 0 radical (unpaired) electrons. The van der Waals surface area contributed by atoms with Crippen LogP contribution in [0.5, 0.6) is 0 Å². The Balaban J connectivity index is 2.11. The zero-order valence-corrected chi connectivity index (χ0v) is 11.8. The fourth-order valence-electron chi connectivity index (χ4n) is 1.69. The lowest BCUT2D eigenvalue weighted by molar-refractivity contribution is 0.698. The maximum atomic E-state index is 5.99. The second-order valence-electron chi connectivity index (χ2n) is 4.14. The number of halogens is 1. The van der Waals surface area contributed by atoms with E-state index in [0.717, 1.165) is 16.3 Å². The van der Waals surface area contributed by atoms with Crippen LogP contribution < -0.4 is 5.73 Å². The molecule has 0 saturated heterocycles. The molecule has 2 N–H and O–H groups in total. The number of nitrogens with two attached hydrogens (primary N) is 1. The van der Waals surface area contributed by atoms with Gasteiger partial charge in [-0.2, -0.15) is 0 Å². The van der Waals surface area contributed by atoms with Gasteiger partial charge < -0.3 is 5.73 Å². The van der Waals surface area contributed by atoms with Gasteiger partial charge in [-0.15, -0.1) is 0 Å². The number of benzene rings is 2. The van der Waals surface area contributed by atoms with Gasteiger partial charge in [0.15, 0.2) is 0 Å². The van der Waals surface area contributed by atoms with Crippen molar-refractivity contribution in [2.45, 2.75) is 29.2 Å². The molecule has 0 heterocycles. The molecule has 0 saturated carbocycles. The summed E-state index contributed by atoms with van der Waals surface area (Å²) in [7, 11) is 0. The van der Waals surface area contributed by atoms with Gasteiger partial charge in [0.1, 0.15) is 0 Å². The minimum Gasteiger partial charge on any atom is -0.324 e. The molecule has 0 amide bonds. The van der Waals surface area contributed by atoms with Crippen molar-refractivity contribution in [3.8, 4) is 0 Å². The summed E-state index contributed by atoms with van der Waals surface area (Å²) in [4.78, 5) is 2.35. The predicted molar refractivity (Wildman–Crippen MR) is 79.2 cm³/mol. The molecule has 0 aliphatic carbocycles. The molecule has 2 aromatic carbocycles. The van der Waals surface area contributed by atoms with Crippen LogP contribution in [0.3, 0.4) is 0 Å². The Kier molecular flexibility index (Phi) is 4.70. The molecule has 2 aromatic rings. The van der Waals surface area contributed by atoms with E-state index in [0.29, 0.717) is 0 Å². The van der Waals surface area contributed by atoms with Gasteiger partial charge in [0.25, 0.3) is 0 Å². The highest BCUT2D eigenvalue weighted by molar-refractivity contribution is 7.99. The fourth-order valence-corrected chi connectivity index (χ4v) is 2.82. The second-order valence-corrected chi connectivity index (χ2v) is 5.73. The summed E-state index contributed by atoms with van der Waals surface area (Å²) in [5.41, 5.74) is 7.18. The summed E-state index contributed by atoms with van der Waals surface area (Å²) in [6.07, 6.45) is 0.959. The van der Waals surface area contributed by atoms with Gasteiger partial charge in [0, 0.05) is 20.9 Å². The fraction of sp³-hybridized carbons (Fsp3) is 0.200. The quantitative estimate of drug-likeness (QED) is 0.860. The zero-order valence-electron chi connectivity index (χ0n) is 10.3. The second kappa shape index (κ2) is 6.28. The minimum atomic E-state index is 0.134. The molecule has 94 valence electrons. The summed E-state index contributed by atoms with van der Waals surface area (Å²) >= 11 is 7.67. The summed E-state index contributed by atoms with van der Waals surface area (Å²) in [6.45, 7) is 2.10. The SMILES string of the molecule is CCC(N)c1ccc(Sc2cccc(Cl)c2)cc1. The van der Waals surface area contributed by atoms with Crippen LogP contribution in [-0.4, -0.2) is 0 Å². The van der Waals surface area contributed by atoms with E-state index in [9.17, 15) is 0 Å². The summed E-state index contributed by atoms with van der Waals surface area (Å²) in [5.74, 6) is 0. The lowest BCUT2D eigenvalue weighted by atomic mass is 10.1. The Morgan fingerprint density at radius 1 is 1.11 bits per heavy atom. The number of hydrogen-bond acceptors (Lipinski definition) is 2. The average Bonchev–Trinajstić information content (AvgIpc) is 2.39. The molecule has 0 aliphatic heterocycles. The molecule has 0 aliphatic rings. The maximum absolute atomic E-state index is 5.99. The van der Waals surface area contributed by atoms with E-state index in [1.807, 2.05) is 18.2 Å². The molecular weight excluding hydrogens is 262 g/mol. The predicted octanol–water partition coefficient (Wildman–Crippen LogP) is 4.90. The Labute approximate surface area is 117 Å². The van der Waals surface area contributed by atoms with Crippen molar-refractivity contribution in [3.05, 3.63) is 59.1 Å². The molecule has 2 rings (SSSR count). The Morgan fingerprint density at radius 2 is 1.83 bits per heavy atom. The smallest absolute Gasteiger partial charge is 0.0417 e. The lowest BCUT2D eigenvalue weighted by Crippen LogP contribution is -2.07. The van der Waals surface area contributed by atoms with E-state index in [1.54, 1.807) is 11.8 Å². The summed E-state index contributed by atoms with van der Waals surface area (Å²) < 4.78 is 0. The van der Waals surface area contributed by atoms with E-state index in [1.165, 1.54) is 10.5 Å². The van der Waals surface area contributed by atoms with Crippen LogP contribution in [0.15, 0.2) is 58.3 Å². The van der Waals surface area contributed by atoms with Crippen molar-refractivity contribution in [1.29, 1.82) is 0 Å². The Bertz CT molecular complexity index is 510. The molecule has 1 nitrogen and oxygen atoms in total. The van der Waals surface area contributed by atoms with E-state index in [2.05, 4.69) is 37.3 Å². The van der Waals surface area contributed by atoms with Crippen molar-refractivity contribution < 1.29 is 0 Å². The third-order valence-corrected chi connectivity index (χ3v) is 4.01. The van der Waals surface area contributed by atoms with Crippen LogP contribution in [0, 0.1) is 0 Å². The van der Waals surface area contributed by atoms with Gasteiger partial charge in [-0.3, -0.25) is 0 Å². The Hall–Kier alpha value is -0.960. The van der Waals surface area contributed by atoms with Crippen molar-refractivity contribution in [2.75, 3.05) is 0 Å². The van der Waals surface area contributed by atoms with Crippen LogP contribution >= 0.6 is 23.4 Å². The topological polar surface area (TPSA) is 26.0 Å². The zero-order chi connectivity index (χ0) is 13.0. The first-order valence-corrected chi connectivity index (χ1v) is 7.17. The van der Waals surface area contributed by atoms with Crippen LogP contribution in [-0.2, 0) is 0 Å².